The Morgan fingerprint density at radius 2 is 1.94 bits per heavy atom. The first kappa shape index (κ1) is 12.1. The van der Waals surface area contributed by atoms with Crippen LogP contribution < -0.4 is 0 Å². The normalized spacial score (nSPS) is 11.0. The summed E-state index contributed by atoms with van der Waals surface area (Å²) in [6.45, 7) is 6.41. The largest absolute Gasteiger partial charge is 0.279 e. The molecule has 0 aliphatic carbocycles. The van der Waals surface area contributed by atoms with Crippen molar-refractivity contribution < 1.29 is 4.79 Å². The first-order valence-corrected chi connectivity index (χ1v) is 9.89. The smallest absolute Gasteiger partial charge is 0.236 e. The topological polar surface area (TPSA) is 17.1 Å². The van der Waals surface area contributed by atoms with E-state index in [1.807, 2.05) is 29.6 Å². The molecule has 86 valence electrons. The molecule has 1 aromatic heterocycles. The van der Waals surface area contributed by atoms with Gasteiger partial charge in [-0.15, -0.1) is 16.9 Å². The van der Waals surface area contributed by atoms with Crippen molar-refractivity contribution in [2.45, 2.75) is 19.6 Å². The third kappa shape index (κ3) is 2.85. The molecule has 0 aliphatic heterocycles. The number of benzene rings is 1. The Kier molecular flexibility index (Phi) is 3.19. The fraction of sp³-hybridized carbons (Fsp3) is 0.214. The van der Waals surface area contributed by atoms with Gasteiger partial charge in [0.05, 0.1) is 0 Å². The van der Waals surface area contributed by atoms with E-state index in [-0.39, 0.29) is 5.78 Å². The minimum Gasteiger partial charge on any atom is -0.279 e. The zero-order valence-corrected chi connectivity index (χ0v) is 12.0. The second kappa shape index (κ2) is 4.48. The Hall–Kier alpha value is -1.37. The van der Waals surface area contributed by atoms with Crippen molar-refractivity contribution in [3.8, 4) is 11.5 Å². The number of fused-ring (bicyclic) bond motifs is 1. The molecule has 17 heavy (non-hydrogen) atoms. The zero-order valence-electron chi connectivity index (χ0n) is 10.2. The van der Waals surface area contributed by atoms with E-state index >= 15 is 0 Å². The lowest BCUT2D eigenvalue weighted by atomic mass is 10.1. The summed E-state index contributed by atoms with van der Waals surface area (Å²) in [5.74, 6) is 2.75. The van der Waals surface area contributed by atoms with Crippen molar-refractivity contribution in [3.63, 3.8) is 0 Å². The van der Waals surface area contributed by atoms with Gasteiger partial charge in [-0.1, -0.05) is 37.8 Å². The molecule has 2 rings (SSSR count). The summed E-state index contributed by atoms with van der Waals surface area (Å²) in [6, 6.07) is 7.95. The van der Waals surface area contributed by atoms with E-state index in [9.17, 15) is 4.79 Å². The number of hydrogen-bond donors (Lipinski definition) is 0. The van der Waals surface area contributed by atoms with Crippen LogP contribution in [0, 0.1) is 11.5 Å². The molecular weight excluding hydrogens is 244 g/mol. The summed E-state index contributed by atoms with van der Waals surface area (Å²) in [5, 5.41) is 2.93. The van der Waals surface area contributed by atoms with E-state index in [1.54, 1.807) is 11.3 Å². The van der Waals surface area contributed by atoms with Gasteiger partial charge in [0.1, 0.15) is 8.07 Å². The van der Waals surface area contributed by atoms with Crippen LogP contribution in [0.4, 0.5) is 0 Å². The van der Waals surface area contributed by atoms with Crippen LogP contribution >= 0.6 is 11.3 Å². The third-order valence-electron chi connectivity index (χ3n) is 2.28. The van der Waals surface area contributed by atoms with Gasteiger partial charge in [-0.05, 0) is 12.0 Å². The Bertz CT molecular complexity index is 623. The van der Waals surface area contributed by atoms with Gasteiger partial charge in [0.25, 0.3) is 0 Å². The molecule has 0 fully saturated rings. The van der Waals surface area contributed by atoms with E-state index in [0.29, 0.717) is 0 Å². The molecular formula is C14H14OSSi. The van der Waals surface area contributed by atoms with Gasteiger partial charge in [-0.3, -0.25) is 4.79 Å². The SMILES string of the molecule is C[Si](C)(C)C#CC(=O)c1csc2ccccc12. The Labute approximate surface area is 106 Å². The molecule has 0 atom stereocenters. The van der Waals surface area contributed by atoms with Crippen LogP contribution in [-0.4, -0.2) is 13.9 Å². The Balaban J connectivity index is 2.40. The number of ketones is 1. The van der Waals surface area contributed by atoms with Gasteiger partial charge in [0.15, 0.2) is 0 Å². The van der Waals surface area contributed by atoms with Gasteiger partial charge < -0.3 is 0 Å². The molecule has 0 saturated heterocycles. The first-order valence-electron chi connectivity index (χ1n) is 5.51. The van der Waals surface area contributed by atoms with Crippen LogP contribution in [0.5, 0.6) is 0 Å². The molecule has 1 aromatic carbocycles. The van der Waals surface area contributed by atoms with Crippen LogP contribution in [0.1, 0.15) is 10.4 Å². The Morgan fingerprint density at radius 3 is 2.65 bits per heavy atom. The van der Waals surface area contributed by atoms with Gasteiger partial charge in [-0.25, -0.2) is 0 Å². The molecule has 1 nitrogen and oxygen atoms in total. The van der Waals surface area contributed by atoms with E-state index in [4.69, 9.17) is 0 Å². The standard InChI is InChI=1S/C14H14OSSi/c1-17(2,3)9-8-13(15)12-10-16-14-7-5-4-6-11(12)14/h4-7,10H,1-3H3. The molecule has 0 spiro atoms. The fourth-order valence-electron chi connectivity index (χ4n) is 1.47. The number of hydrogen-bond acceptors (Lipinski definition) is 2. The number of Topliss-reactive ketones (excluding diaryl/α,β-unsaturated/α-hetero) is 1. The second-order valence-electron chi connectivity index (χ2n) is 4.97. The third-order valence-corrected chi connectivity index (χ3v) is 4.12. The van der Waals surface area contributed by atoms with Crippen LogP contribution in [0.25, 0.3) is 10.1 Å². The predicted molar refractivity (Wildman–Crippen MR) is 77.3 cm³/mol. The van der Waals surface area contributed by atoms with Gasteiger partial charge >= 0.3 is 0 Å². The molecule has 2 aromatic rings. The van der Waals surface area contributed by atoms with Crippen LogP contribution in [0.15, 0.2) is 29.6 Å². The maximum absolute atomic E-state index is 12.0. The minimum atomic E-state index is -1.48. The van der Waals surface area contributed by atoms with Gasteiger partial charge in [-0.2, -0.15) is 0 Å². The highest BCUT2D eigenvalue weighted by atomic mass is 32.1. The predicted octanol–water partition coefficient (Wildman–Crippen LogP) is 3.96. The van der Waals surface area contributed by atoms with Gasteiger partial charge in [0.2, 0.25) is 5.78 Å². The molecule has 0 unspecified atom stereocenters. The van der Waals surface area contributed by atoms with E-state index in [2.05, 4.69) is 31.1 Å². The van der Waals surface area contributed by atoms with E-state index < -0.39 is 8.07 Å². The van der Waals surface area contributed by atoms with E-state index in [0.717, 1.165) is 15.6 Å². The van der Waals surface area contributed by atoms with Crippen molar-refractivity contribution in [2.75, 3.05) is 0 Å². The van der Waals surface area contributed by atoms with Crippen molar-refractivity contribution in [1.29, 1.82) is 0 Å². The van der Waals surface area contributed by atoms with Crippen molar-refractivity contribution in [1.82, 2.24) is 0 Å². The highest BCUT2D eigenvalue weighted by Gasteiger charge is 2.12. The summed E-state index contributed by atoms with van der Waals surface area (Å²) in [6.07, 6.45) is 0. The minimum absolute atomic E-state index is 0.0510. The summed E-state index contributed by atoms with van der Waals surface area (Å²) >= 11 is 1.60. The molecule has 0 aliphatic rings. The fourth-order valence-corrected chi connectivity index (χ4v) is 2.89. The lowest BCUT2D eigenvalue weighted by Gasteiger charge is -2.02. The maximum Gasteiger partial charge on any atom is 0.236 e. The monoisotopic (exact) mass is 258 g/mol. The number of rotatable bonds is 1. The van der Waals surface area contributed by atoms with E-state index in [1.165, 1.54) is 0 Å². The number of carbonyl (C=O) groups excluding carboxylic acids is 1. The lowest BCUT2D eigenvalue weighted by molar-refractivity contribution is 0.105. The highest BCUT2D eigenvalue weighted by molar-refractivity contribution is 7.17. The van der Waals surface area contributed by atoms with Crippen molar-refractivity contribution in [3.05, 3.63) is 35.2 Å². The van der Waals surface area contributed by atoms with Crippen LogP contribution in [0.2, 0.25) is 19.6 Å². The quantitative estimate of drug-likeness (QED) is 0.430. The highest BCUT2D eigenvalue weighted by Crippen LogP contribution is 2.25. The summed E-state index contributed by atoms with van der Waals surface area (Å²) < 4.78 is 1.14. The van der Waals surface area contributed by atoms with Crippen LogP contribution in [0.3, 0.4) is 0 Å². The summed E-state index contributed by atoms with van der Waals surface area (Å²) in [5.41, 5.74) is 3.87. The summed E-state index contributed by atoms with van der Waals surface area (Å²) in [4.78, 5) is 12.0. The first-order chi connectivity index (χ1) is 7.97. The number of thiophene rings is 1. The van der Waals surface area contributed by atoms with Gasteiger partial charge in [0, 0.05) is 21.0 Å². The zero-order chi connectivity index (χ0) is 12.5. The van der Waals surface area contributed by atoms with Crippen molar-refractivity contribution in [2.24, 2.45) is 0 Å². The average Bonchev–Trinajstić information content (AvgIpc) is 2.68. The number of carbonyl (C=O) groups is 1. The summed E-state index contributed by atoms with van der Waals surface area (Å²) in [7, 11) is -1.48. The molecule has 3 heteroatoms. The molecule has 0 amide bonds. The van der Waals surface area contributed by atoms with Crippen LogP contribution in [-0.2, 0) is 0 Å². The maximum atomic E-state index is 12.0. The molecule has 0 radical (unpaired) electrons. The lowest BCUT2D eigenvalue weighted by Crippen LogP contribution is -2.17. The Morgan fingerprint density at radius 1 is 1.24 bits per heavy atom. The second-order valence-corrected chi connectivity index (χ2v) is 10.6. The molecule has 0 saturated carbocycles. The van der Waals surface area contributed by atoms with Crippen molar-refractivity contribution >= 4 is 35.3 Å². The molecule has 0 N–H and O–H groups in total. The molecule has 0 bridgehead atoms. The molecule has 1 heterocycles. The average molecular weight is 258 g/mol.